The van der Waals surface area contributed by atoms with Gasteiger partial charge in [0.1, 0.15) is 5.82 Å². The van der Waals surface area contributed by atoms with Gasteiger partial charge in [0.25, 0.3) is 0 Å². The Kier molecular flexibility index (Phi) is 5.00. The van der Waals surface area contributed by atoms with Gasteiger partial charge in [-0.1, -0.05) is 60.1 Å². The average Bonchev–Trinajstić information content (AvgIpc) is 3.05. The van der Waals surface area contributed by atoms with E-state index in [0.717, 1.165) is 40.5 Å². The molecule has 130 valence electrons. The van der Waals surface area contributed by atoms with Crippen LogP contribution in [0.15, 0.2) is 78.9 Å². The number of rotatable bonds is 6. The fourth-order valence-electron chi connectivity index (χ4n) is 3.18. The molecule has 4 aromatic rings. The van der Waals surface area contributed by atoms with Crippen LogP contribution in [0, 0.1) is 0 Å². The van der Waals surface area contributed by atoms with Crippen LogP contribution in [0.4, 0.5) is 0 Å². The predicted molar refractivity (Wildman–Crippen MR) is 108 cm³/mol. The molecule has 0 saturated heterocycles. The van der Waals surface area contributed by atoms with Crippen molar-refractivity contribution in [2.75, 3.05) is 6.54 Å². The van der Waals surface area contributed by atoms with Crippen LogP contribution in [0.1, 0.15) is 11.4 Å². The number of hydrogen-bond acceptors (Lipinski definition) is 2. The highest BCUT2D eigenvalue weighted by atomic mass is 35.5. The van der Waals surface area contributed by atoms with E-state index < -0.39 is 0 Å². The summed E-state index contributed by atoms with van der Waals surface area (Å²) in [4.78, 5) is 4.83. The summed E-state index contributed by atoms with van der Waals surface area (Å²) in [5, 5.41) is 4.33. The molecule has 0 aliphatic heterocycles. The van der Waals surface area contributed by atoms with Crippen molar-refractivity contribution in [3.8, 4) is 5.69 Å². The van der Waals surface area contributed by atoms with E-state index in [0.29, 0.717) is 6.54 Å². The molecule has 0 aliphatic carbocycles. The van der Waals surface area contributed by atoms with Crippen molar-refractivity contribution < 1.29 is 0 Å². The molecule has 0 spiro atoms. The number of fused-ring (bicyclic) bond motifs is 1. The number of hydrogen-bond donors (Lipinski definition) is 1. The standard InChI is InChI=1S/C22H20ClN3/c23-19-11-5-4-8-17(19)14-15-24-16-22-25-20-12-6-7-13-21(20)26(22)18-9-2-1-3-10-18/h1-13,24H,14-16H2. The Hall–Kier alpha value is -2.62. The van der Waals surface area contributed by atoms with E-state index in [2.05, 4.69) is 58.4 Å². The monoisotopic (exact) mass is 361 g/mol. The van der Waals surface area contributed by atoms with Crippen LogP contribution in [0.2, 0.25) is 5.02 Å². The molecule has 4 rings (SSSR count). The lowest BCUT2D eigenvalue weighted by Gasteiger charge is -2.10. The van der Waals surface area contributed by atoms with Gasteiger partial charge in [0, 0.05) is 10.7 Å². The van der Waals surface area contributed by atoms with Crippen molar-refractivity contribution in [3.63, 3.8) is 0 Å². The second-order valence-corrected chi connectivity index (χ2v) is 6.61. The maximum Gasteiger partial charge on any atom is 0.128 e. The number of nitrogens with zero attached hydrogens (tertiary/aromatic N) is 2. The van der Waals surface area contributed by atoms with Crippen LogP contribution in [-0.2, 0) is 13.0 Å². The van der Waals surface area contributed by atoms with Gasteiger partial charge >= 0.3 is 0 Å². The smallest absolute Gasteiger partial charge is 0.128 e. The molecular formula is C22H20ClN3. The molecule has 0 fully saturated rings. The summed E-state index contributed by atoms with van der Waals surface area (Å²) in [7, 11) is 0. The van der Waals surface area contributed by atoms with Crippen LogP contribution >= 0.6 is 11.6 Å². The molecule has 0 saturated carbocycles. The van der Waals surface area contributed by atoms with Crippen LogP contribution in [0.3, 0.4) is 0 Å². The number of imidazole rings is 1. The zero-order chi connectivity index (χ0) is 17.8. The van der Waals surface area contributed by atoms with Crippen molar-refractivity contribution in [2.24, 2.45) is 0 Å². The van der Waals surface area contributed by atoms with Crippen molar-refractivity contribution in [2.45, 2.75) is 13.0 Å². The first-order chi connectivity index (χ1) is 12.8. The minimum Gasteiger partial charge on any atom is -0.310 e. The van der Waals surface area contributed by atoms with E-state index >= 15 is 0 Å². The highest BCUT2D eigenvalue weighted by Gasteiger charge is 2.11. The van der Waals surface area contributed by atoms with Gasteiger partial charge in [-0.3, -0.25) is 4.57 Å². The minimum absolute atomic E-state index is 0.702. The van der Waals surface area contributed by atoms with Gasteiger partial charge in [-0.2, -0.15) is 0 Å². The van der Waals surface area contributed by atoms with Gasteiger partial charge in [-0.25, -0.2) is 4.98 Å². The van der Waals surface area contributed by atoms with Crippen molar-refractivity contribution in [3.05, 3.63) is 95.3 Å². The van der Waals surface area contributed by atoms with Gasteiger partial charge < -0.3 is 5.32 Å². The number of nitrogens with one attached hydrogen (secondary N) is 1. The number of halogens is 1. The average molecular weight is 362 g/mol. The van der Waals surface area contributed by atoms with Gasteiger partial charge in [0.05, 0.1) is 17.6 Å². The summed E-state index contributed by atoms with van der Waals surface area (Å²) in [5.41, 5.74) is 4.43. The van der Waals surface area contributed by atoms with E-state index in [9.17, 15) is 0 Å². The van der Waals surface area contributed by atoms with Gasteiger partial charge in [-0.15, -0.1) is 0 Å². The third-order valence-corrected chi connectivity index (χ3v) is 4.83. The summed E-state index contributed by atoms with van der Waals surface area (Å²) in [6.07, 6.45) is 0.894. The van der Waals surface area contributed by atoms with E-state index in [-0.39, 0.29) is 0 Å². The van der Waals surface area contributed by atoms with Gasteiger partial charge in [0.2, 0.25) is 0 Å². The molecule has 3 nitrogen and oxygen atoms in total. The molecule has 0 aliphatic rings. The maximum atomic E-state index is 6.23. The molecule has 1 heterocycles. The second kappa shape index (κ2) is 7.73. The SMILES string of the molecule is Clc1ccccc1CCNCc1nc2ccccc2n1-c1ccccc1. The molecule has 0 atom stereocenters. The normalized spacial score (nSPS) is 11.1. The highest BCUT2D eigenvalue weighted by molar-refractivity contribution is 6.31. The molecule has 26 heavy (non-hydrogen) atoms. The Bertz CT molecular complexity index is 1010. The number of aromatic nitrogens is 2. The Balaban J connectivity index is 1.54. The lowest BCUT2D eigenvalue weighted by molar-refractivity contribution is 0.654. The molecule has 1 N–H and O–H groups in total. The van der Waals surface area contributed by atoms with E-state index in [1.165, 1.54) is 5.56 Å². The van der Waals surface area contributed by atoms with E-state index in [1.54, 1.807) is 0 Å². The summed E-state index contributed by atoms with van der Waals surface area (Å²) >= 11 is 6.23. The Morgan fingerprint density at radius 2 is 1.58 bits per heavy atom. The third-order valence-electron chi connectivity index (χ3n) is 4.46. The molecule has 0 unspecified atom stereocenters. The lowest BCUT2D eigenvalue weighted by Crippen LogP contribution is -2.19. The summed E-state index contributed by atoms with van der Waals surface area (Å²) in [5.74, 6) is 1.01. The first-order valence-corrected chi connectivity index (χ1v) is 9.16. The zero-order valence-corrected chi connectivity index (χ0v) is 15.2. The quantitative estimate of drug-likeness (QED) is 0.489. The fraction of sp³-hybridized carbons (Fsp3) is 0.136. The number of benzene rings is 3. The number of para-hydroxylation sites is 3. The molecule has 0 bridgehead atoms. The minimum atomic E-state index is 0.702. The van der Waals surface area contributed by atoms with Crippen molar-refractivity contribution in [1.29, 1.82) is 0 Å². The summed E-state index contributed by atoms with van der Waals surface area (Å²) < 4.78 is 2.22. The molecular weight excluding hydrogens is 342 g/mol. The molecule has 3 aromatic carbocycles. The largest absolute Gasteiger partial charge is 0.310 e. The molecule has 1 aromatic heterocycles. The van der Waals surface area contributed by atoms with Crippen molar-refractivity contribution in [1.82, 2.24) is 14.9 Å². The predicted octanol–water partition coefficient (Wildman–Crippen LogP) is 5.01. The Morgan fingerprint density at radius 1 is 0.846 bits per heavy atom. The van der Waals surface area contributed by atoms with Crippen LogP contribution in [0.25, 0.3) is 16.7 Å². The van der Waals surface area contributed by atoms with Crippen molar-refractivity contribution >= 4 is 22.6 Å². The van der Waals surface area contributed by atoms with E-state index in [4.69, 9.17) is 16.6 Å². The van der Waals surface area contributed by atoms with Crippen LogP contribution < -0.4 is 5.32 Å². The summed E-state index contributed by atoms with van der Waals surface area (Å²) in [6, 6.07) is 26.6. The van der Waals surface area contributed by atoms with Gasteiger partial charge in [-0.05, 0) is 48.9 Å². The zero-order valence-electron chi connectivity index (χ0n) is 14.4. The second-order valence-electron chi connectivity index (χ2n) is 6.21. The first-order valence-electron chi connectivity index (χ1n) is 8.79. The topological polar surface area (TPSA) is 29.9 Å². The lowest BCUT2D eigenvalue weighted by atomic mass is 10.1. The third kappa shape index (κ3) is 3.50. The Labute approximate surface area is 158 Å². The fourth-order valence-corrected chi connectivity index (χ4v) is 3.41. The van der Waals surface area contributed by atoms with E-state index in [1.807, 2.05) is 30.3 Å². The Morgan fingerprint density at radius 3 is 2.42 bits per heavy atom. The molecule has 0 radical (unpaired) electrons. The summed E-state index contributed by atoms with van der Waals surface area (Å²) in [6.45, 7) is 1.55. The molecule has 0 amide bonds. The molecule has 4 heteroatoms. The van der Waals surface area contributed by atoms with Gasteiger partial charge in [0.15, 0.2) is 0 Å². The van der Waals surface area contributed by atoms with Crippen LogP contribution in [0.5, 0.6) is 0 Å². The maximum absolute atomic E-state index is 6.23. The highest BCUT2D eigenvalue weighted by Crippen LogP contribution is 2.21. The first kappa shape index (κ1) is 16.8. The van der Waals surface area contributed by atoms with Crippen LogP contribution in [-0.4, -0.2) is 16.1 Å².